The molecule has 1 aromatic carbocycles. The number of piperidine rings is 1. The quantitative estimate of drug-likeness (QED) is 0.748. The number of hydrogen-bond donors (Lipinski definition) is 0. The molecule has 0 N–H and O–H groups in total. The summed E-state index contributed by atoms with van der Waals surface area (Å²) >= 11 is 0. The van der Waals surface area contributed by atoms with Crippen molar-refractivity contribution in [2.45, 2.75) is 40.0 Å². The summed E-state index contributed by atoms with van der Waals surface area (Å²) in [6.07, 6.45) is 3.77. The van der Waals surface area contributed by atoms with E-state index in [0.717, 1.165) is 31.7 Å². The first-order valence-electron chi connectivity index (χ1n) is 8.26. The number of rotatable bonds is 6. The first-order valence-corrected chi connectivity index (χ1v) is 8.26. The SMILES string of the molecule is CCN(CC)c1ccc(C(=O)CN2CCCCC2)cc1C. The van der Waals surface area contributed by atoms with Crippen LogP contribution >= 0.6 is 0 Å². The average molecular weight is 288 g/mol. The van der Waals surface area contributed by atoms with Crippen molar-refractivity contribution >= 4 is 11.5 Å². The Morgan fingerprint density at radius 2 is 1.81 bits per heavy atom. The van der Waals surface area contributed by atoms with Gasteiger partial charge in [0, 0.05) is 24.3 Å². The molecular formula is C18H28N2O. The summed E-state index contributed by atoms with van der Waals surface area (Å²) < 4.78 is 0. The van der Waals surface area contributed by atoms with Gasteiger partial charge in [-0.1, -0.05) is 6.42 Å². The predicted octanol–water partition coefficient (Wildman–Crippen LogP) is 3.51. The lowest BCUT2D eigenvalue weighted by Gasteiger charge is -2.26. The van der Waals surface area contributed by atoms with Crippen LogP contribution in [-0.4, -0.2) is 43.4 Å². The molecule has 3 nitrogen and oxygen atoms in total. The highest BCUT2D eigenvalue weighted by Gasteiger charge is 2.16. The van der Waals surface area contributed by atoms with E-state index < -0.39 is 0 Å². The second-order valence-electron chi connectivity index (χ2n) is 5.93. The molecule has 0 atom stereocenters. The number of anilines is 1. The maximum atomic E-state index is 12.4. The highest BCUT2D eigenvalue weighted by molar-refractivity contribution is 5.98. The zero-order valence-electron chi connectivity index (χ0n) is 13.7. The van der Waals surface area contributed by atoms with Gasteiger partial charge in [-0.3, -0.25) is 9.69 Å². The summed E-state index contributed by atoms with van der Waals surface area (Å²) in [6.45, 7) is 11.1. The van der Waals surface area contributed by atoms with Crippen molar-refractivity contribution in [3.8, 4) is 0 Å². The van der Waals surface area contributed by atoms with Gasteiger partial charge < -0.3 is 4.90 Å². The van der Waals surface area contributed by atoms with Crippen LogP contribution in [0.4, 0.5) is 5.69 Å². The van der Waals surface area contributed by atoms with Crippen LogP contribution in [0.1, 0.15) is 49.0 Å². The first kappa shape index (κ1) is 16.0. The lowest BCUT2D eigenvalue weighted by Crippen LogP contribution is -2.34. The van der Waals surface area contributed by atoms with E-state index in [9.17, 15) is 4.79 Å². The fourth-order valence-electron chi connectivity index (χ4n) is 3.16. The predicted molar refractivity (Wildman–Crippen MR) is 89.4 cm³/mol. The molecule has 0 aliphatic carbocycles. The molecule has 1 aliphatic rings. The van der Waals surface area contributed by atoms with Gasteiger partial charge in [0.25, 0.3) is 0 Å². The third-order valence-electron chi connectivity index (χ3n) is 4.44. The molecule has 1 aliphatic heterocycles. The van der Waals surface area contributed by atoms with E-state index in [-0.39, 0.29) is 5.78 Å². The third-order valence-corrected chi connectivity index (χ3v) is 4.44. The van der Waals surface area contributed by atoms with E-state index >= 15 is 0 Å². The molecule has 0 spiro atoms. The Morgan fingerprint density at radius 3 is 2.38 bits per heavy atom. The van der Waals surface area contributed by atoms with Crippen molar-refractivity contribution in [3.05, 3.63) is 29.3 Å². The van der Waals surface area contributed by atoms with Gasteiger partial charge in [0.1, 0.15) is 0 Å². The fraction of sp³-hybridized carbons (Fsp3) is 0.611. The fourth-order valence-corrected chi connectivity index (χ4v) is 3.16. The average Bonchev–Trinajstić information content (AvgIpc) is 2.51. The maximum absolute atomic E-state index is 12.4. The minimum absolute atomic E-state index is 0.256. The summed E-state index contributed by atoms with van der Waals surface area (Å²) in [5.74, 6) is 0.256. The third kappa shape index (κ3) is 4.07. The van der Waals surface area contributed by atoms with E-state index in [1.807, 2.05) is 6.07 Å². The van der Waals surface area contributed by atoms with Gasteiger partial charge in [0.15, 0.2) is 5.78 Å². The first-order chi connectivity index (χ1) is 10.2. The lowest BCUT2D eigenvalue weighted by atomic mass is 10.0. The lowest BCUT2D eigenvalue weighted by molar-refractivity contribution is 0.0915. The molecule has 0 bridgehead atoms. The summed E-state index contributed by atoms with van der Waals surface area (Å²) in [5, 5.41) is 0. The normalized spacial score (nSPS) is 16.0. The van der Waals surface area contributed by atoms with Crippen molar-refractivity contribution in [2.24, 2.45) is 0 Å². The molecule has 0 saturated carbocycles. The molecule has 0 radical (unpaired) electrons. The van der Waals surface area contributed by atoms with Gasteiger partial charge >= 0.3 is 0 Å². The number of nitrogens with zero attached hydrogens (tertiary/aromatic N) is 2. The number of hydrogen-bond acceptors (Lipinski definition) is 3. The molecule has 2 rings (SSSR count). The van der Waals surface area contributed by atoms with Gasteiger partial charge in [-0.2, -0.15) is 0 Å². The maximum Gasteiger partial charge on any atom is 0.176 e. The number of likely N-dealkylation sites (tertiary alicyclic amines) is 1. The van der Waals surface area contributed by atoms with Gasteiger partial charge in [0.2, 0.25) is 0 Å². The number of aryl methyl sites for hydroxylation is 1. The van der Waals surface area contributed by atoms with Crippen molar-refractivity contribution in [1.29, 1.82) is 0 Å². The largest absolute Gasteiger partial charge is 0.372 e. The smallest absolute Gasteiger partial charge is 0.176 e. The molecule has 1 fully saturated rings. The second kappa shape index (κ2) is 7.60. The Balaban J connectivity index is 2.06. The van der Waals surface area contributed by atoms with Crippen LogP contribution in [-0.2, 0) is 0 Å². The number of carbonyl (C=O) groups excluding carboxylic acids is 1. The Bertz CT molecular complexity index is 474. The van der Waals surface area contributed by atoms with E-state index in [2.05, 4.69) is 42.7 Å². The molecule has 0 unspecified atom stereocenters. The van der Waals surface area contributed by atoms with E-state index in [1.54, 1.807) is 0 Å². The van der Waals surface area contributed by atoms with Crippen LogP contribution in [0.25, 0.3) is 0 Å². The Morgan fingerprint density at radius 1 is 1.14 bits per heavy atom. The van der Waals surface area contributed by atoms with Crippen LogP contribution in [0.5, 0.6) is 0 Å². The summed E-state index contributed by atoms with van der Waals surface area (Å²) in [6, 6.07) is 6.15. The van der Waals surface area contributed by atoms with E-state index in [1.165, 1.54) is 30.5 Å². The number of ketones is 1. The van der Waals surface area contributed by atoms with Crippen LogP contribution < -0.4 is 4.90 Å². The highest BCUT2D eigenvalue weighted by Crippen LogP contribution is 2.21. The summed E-state index contributed by atoms with van der Waals surface area (Å²) in [7, 11) is 0. The molecule has 1 aromatic rings. The van der Waals surface area contributed by atoms with Crippen molar-refractivity contribution < 1.29 is 4.79 Å². The minimum Gasteiger partial charge on any atom is -0.372 e. The van der Waals surface area contributed by atoms with Crippen molar-refractivity contribution in [1.82, 2.24) is 4.90 Å². The van der Waals surface area contributed by atoms with Gasteiger partial charge in [-0.05, 0) is 70.5 Å². The zero-order valence-corrected chi connectivity index (χ0v) is 13.7. The monoisotopic (exact) mass is 288 g/mol. The summed E-state index contributed by atoms with van der Waals surface area (Å²) in [4.78, 5) is 17.0. The van der Waals surface area contributed by atoms with Crippen LogP contribution in [0.2, 0.25) is 0 Å². The molecule has 3 heteroatoms. The number of carbonyl (C=O) groups is 1. The topological polar surface area (TPSA) is 23.6 Å². The van der Waals surface area contributed by atoms with E-state index in [4.69, 9.17) is 0 Å². The number of benzene rings is 1. The molecule has 1 saturated heterocycles. The van der Waals surface area contributed by atoms with Crippen molar-refractivity contribution in [2.75, 3.05) is 37.6 Å². The standard InChI is InChI=1S/C18H28N2O/c1-4-20(5-2)17-10-9-16(13-15(17)3)18(21)14-19-11-7-6-8-12-19/h9-10,13H,4-8,11-12,14H2,1-3H3. The van der Waals surface area contributed by atoms with Crippen LogP contribution in [0, 0.1) is 6.92 Å². The van der Waals surface area contributed by atoms with Gasteiger partial charge in [0.05, 0.1) is 6.54 Å². The van der Waals surface area contributed by atoms with Gasteiger partial charge in [-0.15, -0.1) is 0 Å². The molecular weight excluding hydrogens is 260 g/mol. The van der Waals surface area contributed by atoms with Gasteiger partial charge in [-0.25, -0.2) is 0 Å². The Kier molecular flexibility index (Phi) is 5.80. The molecule has 0 aromatic heterocycles. The van der Waals surface area contributed by atoms with Crippen molar-refractivity contribution in [3.63, 3.8) is 0 Å². The molecule has 21 heavy (non-hydrogen) atoms. The molecule has 1 heterocycles. The second-order valence-corrected chi connectivity index (χ2v) is 5.93. The zero-order chi connectivity index (χ0) is 15.2. The van der Waals surface area contributed by atoms with E-state index in [0.29, 0.717) is 6.54 Å². The minimum atomic E-state index is 0.256. The van der Waals surface area contributed by atoms with Crippen LogP contribution in [0.15, 0.2) is 18.2 Å². The summed E-state index contributed by atoms with van der Waals surface area (Å²) in [5.41, 5.74) is 3.30. The number of Topliss-reactive ketones (excluding diaryl/α,β-unsaturated/α-hetero) is 1. The Hall–Kier alpha value is -1.35. The Labute approximate surface area is 128 Å². The molecule has 116 valence electrons. The highest BCUT2D eigenvalue weighted by atomic mass is 16.1. The molecule has 0 amide bonds. The van der Waals surface area contributed by atoms with Crippen LogP contribution in [0.3, 0.4) is 0 Å².